The van der Waals surface area contributed by atoms with Crippen molar-refractivity contribution in [3.8, 4) is 0 Å². The monoisotopic (exact) mass is 358 g/mol. The van der Waals surface area contributed by atoms with Gasteiger partial charge in [0.2, 0.25) is 0 Å². The van der Waals surface area contributed by atoms with Gasteiger partial charge in [0.05, 0.1) is 0 Å². The van der Waals surface area contributed by atoms with E-state index in [-0.39, 0.29) is 0 Å². The average molecular weight is 359 g/mol. The van der Waals surface area contributed by atoms with Crippen LogP contribution in [-0.4, -0.2) is 57.8 Å². The Hall–Kier alpha value is -0.890. The molecule has 0 aliphatic rings. The number of hydrogen-bond acceptors (Lipinski definition) is 5. The largest absolute Gasteiger partial charge is 0.356 e. The number of guanidine groups is 1. The van der Waals surface area contributed by atoms with Crippen LogP contribution >= 0.6 is 23.5 Å². The van der Waals surface area contributed by atoms with Gasteiger partial charge in [0, 0.05) is 20.1 Å². The molecule has 2 N–H and O–H groups in total. The number of nitrogens with zero attached hydrogens (tertiary/aromatic N) is 4. The number of nitrogens with one attached hydrogen (secondary N) is 2. The van der Waals surface area contributed by atoms with Crippen molar-refractivity contribution in [1.29, 1.82) is 0 Å². The first kappa shape index (κ1) is 20.2. The second kappa shape index (κ2) is 12.5. The maximum atomic E-state index is 4.64. The molecule has 6 nitrogen and oxygen atoms in total. The summed E-state index contributed by atoms with van der Waals surface area (Å²) in [6.07, 6.45) is 7.81. The van der Waals surface area contributed by atoms with Crippen molar-refractivity contribution < 1.29 is 0 Å². The highest BCUT2D eigenvalue weighted by Gasteiger charge is 2.05. The maximum Gasteiger partial charge on any atom is 0.191 e. The van der Waals surface area contributed by atoms with E-state index in [1.54, 1.807) is 0 Å². The van der Waals surface area contributed by atoms with Gasteiger partial charge in [0.1, 0.15) is 12.4 Å². The van der Waals surface area contributed by atoms with E-state index in [9.17, 15) is 0 Å². The summed E-state index contributed by atoms with van der Waals surface area (Å²) in [5, 5.41) is 15.1. The summed E-state index contributed by atoms with van der Waals surface area (Å²) in [7, 11) is 1.97. The lowest BCUT2D eigenvalue weighted by Gasteiger charge is -2.12. The highest BCUT2D eigenvalue weighted by molar-refractivity contribution is 7.98. The molecule has 0 saturated carbocycles. The molecule has 0 aromatic carbocycles. The molecule has 8 heteroatoms. The minimum absolute atomic E-state index is 0.542. The number of unbranched alkanes of at least 4 members (excludes halogenated alkanes) is 1. The predicted molar refractivity (Wildman–Crippen MR) is 103 cm³/mol. The van der Waals surface area contributed by atoms with Crippen molar-refractivity contribution in [2.75, 3.05) is 37.1 Å². The average Bonchev–Trinajstić information content (AvgIpc) is 2.87. The standard InChI is InChI=1S/C15H30N6S2/c1-13-19-20-14(21(13)2)12-18-15(17-9-7-11-23-4)16-8-5-6-10-22-3/h5-12H2,1-4H3,(H2,16,17,18). The molecule has 0 amide bonds. The van der Waals surface area contributed by atoms with E-state index in [1.165, 1.54) is 12.2 Å². The molecule has 0 atom stereocenters. The molecule has 1 rings (SSSR count). The van der Waals surface area contributed by atoms with Gasteiger partial charge in [-0.3, -0.25) is 0 Å². The van der Waals surface area contributed by atoms with Gasteiger partial charge >= 0.3 is 0 Å². The molecule has 0 fully saturated rings. The Kier molecular flexibility index (Phi) is 11.0. The molecular weight excluding hydrogens is 328 g/mol. The Morgan fingerprint density at radius 1 is 1.04 bits per heavy atom. The SMILES string of the molecule is CSCCCCNC(=NCc1nnc(C)n1C)NCCCSC. The number of aryl methyl sites for hydroxylation is 1. The molecule has 0 bridgehead atoms. The van der Waals surface area contributed by atoms with Gasteiger partial charge in [-0.05, 0) is 50.2 Å². The van der Waals surface area contributed by atoms with Gasteiger partial charge in [0.15, 0.2) is 11.8 Å². The van der Waals surface area contributed by atoms with Crippen LogP contribution in [0.5, 0.6) is 0 Å². The van der Waals surface area contributed by atoms with E-state index in [0.29, 0.717) is 6.54 Å². The van der Waals surface area contributed by atoms with E-state index in [1.807, 2.05) is 42.1 Å². The van der Waals surface area contributed by atoms with Gasteiger partial charge in [-0.15, -0.1) is 10.2 Å². The van der Waals surface area contributed by atoms with Crippen LogP contribution in [0.2, 0.25) is 0 Å². The fourth-order valence-electron chi connectivity index (χ4n) is 1.91. The summed E-state index contributed by atoms with van der Waals surface area (Å²) < 4.78 is 1.98. The third-order valence-corrected chi connectivity index (χ3v) is 4.84. The fraction of sp³-hybridized carbons (Fsp3) is 0.800. The summed E-state index contributed by atoms with van der Waals surface area (Å²) in [6.45, 7) is 4.38. The molecule has 1 heterocycles. The molecule has 0 aliphatic heterocycles. The van der Waals surface area contributed by atoms with Crippen LogP contribution in [0.4, 0.5) is 0 Å². The highest BCUT2D eigenvalue weighted by atomic mass is 32.2. The first-order valence-corrected chi connectivity index (χ1v) is 10.8. The minimum Gasteiger partial charge on any atom is -0.356 e. The lowest BCUT2D eigenvalue weighted by molar-refractivity contribution is 0.715. The molecule has 132 valence electrons. The summed E-state index contributed by atoms with van der Waals surface area (Å²) in [5.74, 6) is 5.05. The third kappa shape index (κ3) is 8.50. The first-order chi connectivity index (χ1) is 11.2. The van der Waals surface area contributed by atoms with E-state index in [0.717, 1.165) is 49.3 Å². The van der Waals surface area contributed by atoms with E-state index in [2.05, 4.69) is 38.3 Å². The van der Waals surface area contributed by atoms with Gasteiger partial charge < -0.3 is 15.2 Å². The Morgan fingerprint density at radius 2 is 1.70 bits per heavy atom. The molecule has 23 heavy (non-hydrogen) atoms. The Balaban J connectivity index is 2.47. The normalized spacial score (nSPS) is 11.7. The number of aromatic nitrogens is 3. The van der Waals surface area contributed by atoms with Crippen molar-refractivity contribution in [3.05, 3.63) is 11.6 Å². The van der Waals surface area contributed by atoms with Gasteiger partial charge in [0.25, 0.3) is 0 Å². The molecular formula is C15H30N6S2. The molecule has 1 aromatic heterocycles. The second-order valence-electron chi connectivity index (χ2n) is 5.29. The zero-order valence-electron chi connectivity index (χ0n) is 14.8. The van der Waals surface area contributed by atoms with Crippen molar-refractivity contribution in [3.63, 3.8) is 0 Å². The van der Waals surface area contributed by atoms with Crippen LogP contribution in [0.25, 0.3) is 0 Å². The summed E-state index contributed by atoms with van der Waals surface area (Å²) in [5.41, 5.74) is 0. The quantitative estimate of drug-likeness (QED) is 0.358. The Bertz CT molecular complexity index is 461. The van der Waals surface area contributed by atoms with Crippen molar-refractivity contribution >= 4 is 29.5 Å². The van der Waals surface area contributed by atoms with Crippen LogP contribution in [-0.2, 0) is 13.6 Å². The molecule has 1 aromatic rings. The zero-order chi connectivity index (χ0) is 16.9. The predicted octanol–water partition coefficient (Wildman–Crippen LogP) is 2.06. The van der Waals surface area contributed by atoms with Crippen LogP contribution < -0.4 is 10.6 Å². The second-order valence-corrected chi connectivity index (χ2v) is 7.26. The minimum atomic E-state index is 0.542. The summed E-state index contributed by atoms with van der Waals surface area (Å²) in [6, 6.07) is 0. The Labute approximate surface area is 148 Å². The highest BCUT2D eigenvalue weighted by Crippen LogP contribution is 2.00. The van der Waals surface area contributed by atoms with Gasteiger partial charge in [-0.25, -0.2) is 4.99 Å². The smallest absolute Gasteiger partial charge is 0.191 e. The van der Waals surface area contributed by atoms with Crippen molar-refractivity contribution in [2.45, 2.75) is 32.7 Å². The lowest BCUT2D eigenvalue weighted by atomic mass is 10.3. The van der Waals surface area contributed by atoms with Gasteiger partial charge in [-0.2, -0.15) is 23.5 Å². The topological polar surface area (TPSA) is 67.1 Å². The van der Waals surface area contributed by atoms with E-state index >= 15 is 0 Å². The first-order valence-electron chi connectivity index (χ1n) is 8.04. The fourth-order valence-corrected chi connectivity index (χ4v) is 2.84. The van der Waals surface area contributed by atoms with Gasteiger partial charge in [-0.1, -0.05) is 0 Å². The number of thioether (sulfide) groups is 2. The van der Waals surface area contributed by atoms with Crippen LogP contribution in [0.15, 0.2) is 4.99 Å². The summed E-state index contributed by atoms with van der Waals surface area (Å²) >= 11 is 3.77. The van der Waals surface area contributed by atoms with Crippen LogP contribution in [0, 0.1) is 6.92 Å². The number of rotatable bonds is 11. The molecule has 0 saturated heterocycles. The Morgan fingerprint density at radius 3 is 2.30 bits per heavy atom. The molecule has 0 radical (unpaired) electrons. The maximum absolute atomic E-state index is 4.64. The number of aliphatic imine (C=N–C) groups is 1. The lowest BCUT2D eigenvalue weighted by Crippen LogP contribution is -2.38. The molecule has 0 spiro atoms. The zero-order valence-corrected chi connectivity index (χ0v) is 16.4. The summed E-state index contributed by atoms with van der Waals surface area (Å²) in [4.78, 5) is 4.64. The van der Waals surface area contributed by atoms with Crippen molar-refractivity contribution in [2.24, 2.45) is 12.0 Å². The van der Waals surface area contributed by atoms with E-state index < -0.39 is 0 Å². The molecule has 0 aliphatic carbocycles. The number of hydrogen-bond donors (Lipinski definition) is 2. The van der Waals surface area contributed by atoms with Crippen LogP contribution in [0.1, 0.15) is 30.9 Å². The van der Waals surface area contributed by atoms with Crippen LogP contribution in [0.3, 0.4) is 0 Å². The van der Waals surface area contributed by atoms with Crippen molar-refractivity contribution in [1.82, 2.24) is 25.4 Å². The third-order valence-electron chi connectivity index (χ3n) is 3.45. The van der Waals surface area contributed by atoms with E-state index in [4.69, 9.17) is 0 Å². The molecule has 0 unspecified atom stereocenters.